The van der Waals surface area contributed by atoms with Crippen LogP contribution < -0.4 is 5.43 Å². The van der Waals surface area contributed by atoms with Crippen molar-refractivity contribution in [3.05, 3.63) is 64.7 Å². The monoisotopic (exact) mass is 302 g/mol. The Morgan fingerprint density at radius 2 is 2.00 bits per heavy atom. The average molecular weight is 303 g/mol. The maximum atomic E-state index is 11.8. The maximum Gasteiger partial charge on any atom is 0.275 e. The van der Waals surface area contributed by atoms with E-state index in [4.69, 9.17) is 11.6 Å². The van der Waals surface area contributed by atoms with Crippen LogP contribution in [0.5, 0.6) is 5.75 Å². The van der Waals surface area contributed by atoms with Gasteiger partial charge in [0.1, 0.15) is 5.75 Å². The minimum absolute atomic E-state index is 0.0997. The van der Waals surface area contributed by atoms with Crippen molar-refractivity contribution in [2.75, 3.05) is 0 Å². The highest BCUT2D eigenvalue weighted by Gasteiger charge is 2.10. The molecule has 0 fully saturated rings. The first kappa shape index (κ1) is 15.1. The van der Waals surface area contributed by atoms with E-state index in [0.29, 0.717) is 11.4 Å². The lowest BCUT2D eigenvalue weighted by Crippen LogP contribution is -2.17. The number of halogens is 1. The molecule has 21 heavy (non-hydrogen) atoms. The van der Waals surface area contributed by atoms with Crippen LogP contribution in [-0.2, 0) is 6.42 Å². The molecular formula is C16H15ClN2O2. The molecule has 0 aliphatic rings. The van der Waals surface area contributed by atoms with E-state index in [9.17, 15) is 9.90 Å². The minimum atomic E-state index is -0.494. The van der Waals surface area contributed by atoms with Crippen molar-refractivity contribution in [3.63, 3.8) is 0 Å². The Bertz CT molecular complexity index is 642. The summed E-state index contributed by atoms with van der Waals surface area (Å²) in [5, 5.41) is 13.8. The number of rotatable bonds is 5. The van der Waals surface area contributed by atoms with Crippen molar-refractivity contribution in [1.29, 1.82) is 0 Å². The van der Waals surface area contributed by atoms with E-state index in [-0.39, 0.29) is 11.3 Å². The van der Waals surface area contributed by atoms with E-state index >= 15 is 0 Å². The summed E-state index contributed by atoms with van der Waals surface area (Å²) in [7, 11) is 0. The maximum absolute atomic E-state index is 11.8. The summed E-state index contributed by atoms with van der Waals surface area (Å²) < 4.78 is 0. The molecule has 0 unspecified atom stereocenters. The first-order valence-electron chi connectivity index (χ1n) is 6.51. The highest BCUT2D eigenvalue weighted by atomic mass is 35.5. The van der Waals surface area contributed by atoms with Gasteiger partial charge in [-0.05, 0) is 36.6 Å². The lowest BCUT2D eigenvalue weighted by molar-refractivity contribution is 0.0952. The predicted octanol–water partition coefficient (Wildman–Crippen LogP) is 3.39. The van der Waals surface area contributed by atoms with Gasteiger partial charge in [0, 0.05) is 11.2 Å². The summed E-state index contributed by atoms with van der Waals surface area (Å²) in [6.45, 7) is 0. The molecule has 2 aromatic rings. The van der Waals surface area contributed by atoms with Gasteiger partial charge >= 0.3 is 0 Å². The third-order valence-electron chi connectivity index (χ3n) is 2.87. The fraction of sp³-hybridized carbons (Fsp3) is 0.125. The Kier molecular flexibility index (Phi) is 5.35. The first-order chi connectivity index (χ1) is 10.2. The first-order valence-corrected chi connectivity index (χ1v) is 6.89. The second kappa shape index (κ2) is 7.45. The van der Waals surface area contributed by atoms with Crippen LogP contribution in [-0.4, -0.2) is 17.2 Å². The van der Waals surface area contributed by atoms with Crippen LogP contribution in [0, 0.1) is 0 Å². The Balaban J connectivity index is 1.83. The standard InChI is InChI=1S/C16H15ClN2O2/c17-13-8-9-15(20)14(11-13)16(21)19-18-10-4-7-12-5-2-1-3-6-12/h1-3,5-6,8-11,20H,4,7H2,(H,19,21). The van der Waals surface area contributed by atoms with Gasteiger partial charge in [-0.1, -0.05) is 41.9 Å². The number of aryl methyl sites for hydroxylation is 1. The molecule has 2 rings (SSSR count). The van der Waals surface area contributed by atoms with Crippen LogP contribution in [0.25, 0.3) is 0 Å². The van der Waals surface area contributed by atoms with E-state index in [1.165, 1.54) is 23.8 Å². The summed E-state index contributed by atoms with van der Waals surface area (Å²) in [6, 6.07) is 14.3. The fourth-order valence-electron chi connectivity index (χ4n) is 1.80. The van der Waals surface area contributed by atoms with Crippen LogP contribution in [0.15, 0.2) is 53.6 Å². The normalized spacial score (nSPS) is 10.7. The molecule has 2 aromatic carbocycles. The number of phenols is 1. The molecule has 0 spiro atoms. The van der Waals surface area contributed by atoms with Crippen LogP contribution in [0.4, 0.5) is 0 Å². The molecule has 5 heteroatoms. The highest BCUT2D eigenvalue weighted by molar-refractivity contribution is 6.31. The van der Waals surface area contributed by atoms with Crippen LogP contribution >= 0.6 is 11.6 Å². The molecule has 0 aliphatic heterocycles. The van der Waals surface area contributed by atoms with Crippen molar-refractivity contribution in [2.24, 2.45) is 5.10 Å². The number of hydrogen-bond acceptors (Lipinski definition) is 3. The van der Waals surface area contributed by atoms with Crippen molar-refractivity contribution < 1.29 is 9.90 Å². The molecule has 0 saturated carbocycles. The number of benzene rings is 2. The van der Waals surface area contributed by atoms with E-state index in [1.807, 2.05) is 30.3 Å². The highest BCUT2D eigenvalue weighted by Crippen LogP contribution is 2.21. The summed E-state index contributed by atoms with van der Waals surface area (Å²) in [5.41, 5.74) is 3.68. The number of hydrazone groups is 1. The Morgan fingerprint density at radius 1 is 1.24 bits per heavy atom. The zero-order valence-electron chi connectivity index (χ0n) is 11.3. The van der Waals surface area contributed by atoms with Gasteiger partial charge in [0.05, 0.1) is 5.56 Å². The van der Waals surface area contributed by atoms with Gasteiger partial charge in [0.15, 0.2) is 0 Å². The van der Waals surface area contributed by atoms with Gasteiger partial charge in [0.2, 0.25) is 0 Å². The number of phenolic OH excluding ortho intramolecular Hbond substituents is 1. The molecule has 0 aromatic heterocycles. The molecule has 0 bridgehead atoms. The topological polar surface area (TPSA) is 61.7 Å². The zero-order valence-corrected chi connectivity index (χ0v) is 12.0. The number of nitrogens with zero attached hydrogens (tertiary/aromatic N) is 1. The number of hydrogen-bond donors (Lipinski definition) is 2. The lowest BCUT2D eigenvalue weighted by Gasteiger charge is -2.03. The second-order valence-electron chi connectivity index (χ2n) is 4.44. The molecule has 0 heterocycles. The average Bonchev–Trinajstić information content (AvgIpc) is 2.50. The van der Waals surface area contributed by atoms with Crippen LogP contribution in [0.3, 0.4) is 0 Å². The van der Waals surface area contributed by atoms with Gasteiger partial charge in [-0.3, -0.25) is 4.79 Å². The molecule has 4 nitrogen and oxygen atoms in total. The third kappa shape index (κ3) is 4.61. The van der Waals surface area contributed by atoms with Crippen molar-refractivity contribution in [1.82, 2.24) is 5.43 Å². The fourth-order valence-corrected chi connectivity index (χ4v) is 1.97. The summed E-state index contributed by atoms with van der Waals surface area (Å²) in [5.74, 6) is -0.623. The van der Waals surface area contributed by atoms with Gasteiger partial charge in [-0.25, -0.2) is 5.43 Å². The third-order valence-corrected chi connectivity index (χ3v) is 3.10. The quantitative estimate of drug-likeness (QED) is 0.657. The van der Waals surface area contributed by atoms with Gasteiger partial charge in [-0.2, -0.15) is 5.10 Å². The van der Waals surface area contributed by atoms with Crippen LogP contribution in [0.1, 0.15) is 22.3 Å². The van der Waals surface area contributed by atoms with Crippen molar-refractivity contribution >= 4 is 23.7 Å². The SMILES string of the molecule is O=C(NN=CCCc1ccccc1)c1cc(Cl)ccc1O. The molecule has 0 saturated heterocycles. The van der Waals surface area contributed by atoms with Crippen molar-refractivity contribution in [3.8, 4) is 5.75 Å². The summed E-state index contributed by atoms with van der Waals surface area (Å²) in [4.78, 5) is 11.8. The number of amides is 1. The number of aromatic hydroxyl groups is 1. The largest absolute Gasteiger partial charge is 0.507 e. The lowest BCUT2D eigenvalue weighted by atomic mass is 10.1. The Hall–Kier alpha value is -2.33. The second-order valence-corrected chi connectivity index (χ2v) is 4.87. The van der Waals surface area contributed by atoms with Gasteiger partial charge in [0.25, 0.3) is 5.91 Å². The molecule has 108 valence electrons. The predicted molar refractivity (Wildman–Crippen MR) is 83.8 cm³/mol. The van der Waals surface area contributed by atoms with Crippen LogP contribution in [0.2, 0.25) is 5.02 Å². The Labute approximate surface area is 128 Å². The zero-order chi connectivity index (χ0) is 15.1. The van der Waals surface area contributed by atoms with Gasteiger partial charge < -0.3 is 5.11 Å². The number of carbonyl (C=O) groups excluding carboxylic acids is 1. The number of nitrogens with one attached hydrogen (secondary N) is 1. The molecule has 2 N–H and O–H groups in total. The van der Waals surface area contributed by atoms with E-state index in [2.05, 4.69) is 10.5 Å². The van der Waals surface area contributed by atoms with Gasteiger partial charge in [-0.15, -0.1) is 0 Å². The molecule has 0 aliphatic carbocycles. The Morgan fingerprint density at radius 3 is 2.76 bits per heavy atom. The summed E-state index contributed by atoms with van der Waals surface area (Å²) >= 11 is 5.78. The molecule has 1 amide bonds. The smallest absolute Gasteiger partial charge is 0.275 e. The molecule has 0 radical (unpaired) electrons. The summed E-state index contributed by atoms with van der Waals surface area (Å²) in [6.07, 6.45) is 3.20. The molecular weight excluding hydrogens is 288 g/mol. The van der Waals surface area contributed by atoms with E-state index < -0.39 is 5.91 Å². The minimum Gasteiger partial charge on any atom is -0.507 e. The van der Waals surface area contributed by atoms with E-state index in [1.54, 1.807) is 6.21 Å². The van der Waals surface area contributed by atoms with E-state index in [0.717, 1.165) is 6.42 Å². The van der Waals surface area contributed by atoms with Crippen molar-refractivity contribution in [2.45, 2.75) is 12.8 Å². The molecule has 0 atom stereocenters. The number of carbonyl (C=O) groups is 1.